The number of fused-ring (bicyclic) bond motifs is 1. The van der Waals surface area contributed by atoms with Gasteiger partial charge in [0.2, 0.25) is 11.8 Å². The molecule has 1 aromatic heterocycles. The van der Waals surface area contributed by atoms with Gasteiger partial charge >= 0.3 is 0 Å². The van der Waals surface area contributed by atoms with E-state index in [4.69, 9.17) is 16.0 Å². The Morgan fingerprint density at radius 1 is 1.29 bits per heavy atom. The topological polar surface area (TPSA) is 75.4 Å². The molecule has 7 heteroatoms. The van der Waals surface area contributed by atoms with Crippen LogP contribution in [-0.2, 0) is 9.59 Å². The summed E-state index contributed by atoms with van der Waals surface area (Å²) in [5, 5.41) is 3.86. The van der Waals surface area contributed by atoms with Crippen molar-refractivity contribution in [2.45, 2.75) is 51.0 Å². The Hall–Kier alpha value is -2.08. The number of oxazole rings is 1. The molecule has 0 bridgehead atoms. The molecule has 3 fully saturated rings. The van der Waals surface area contributed by atoms with Gasteiger partial charge in [-0.1, -0.05) is 11.6 Å². The Kier molecular flexibility index (Phi) is 4.16. The number of nitrogens with zero attached hydrogens (tertiary/aromatic N) is 2. The van der Waals surface area contributed by atoms with E-state index in [0.717, 1.165) is 49.1 Å². The maximum Gasteiger partial charge on any atom is 0.225 e. The molecule has 2 aliphatic carbocycles. The summed E-state index contributed by atoms with van der Waals surface area (Å²) in [4.78, 5) is 30.3. The van der Waals surface area contributed by atoms with Gasteiger partial charge in [0.15, 0.2) is 11.5 Å². The predicted octanol–water partition coefficient (Wildman–Crippen LogP) is 3.49. The molecule has 6 nitrogen and oxygen atoms in total. The van der Waals surface area contributed by atoms with Crippen molar-refractivity contribution < 1.29 is 14.0 Å². The van der Waals surface area contributed by atoms with Gasteiger partial charge in [-0.3, -0.25) is 9.59 Å². The zero-order valence-corrected chi connectivity index (χ0v) is 16.7. The minimum atomic E-state index is -0.0545. The first-order valence-corrected chi connectivity index (χ1v) is 10.4. The van der Waals surface area contributed by atoms with Gasteiger partial charge in [0.25, 0.3) is 0 Å². The highest BCUT2D eigenvalue weighted by Crippen LogP contribution is 2.61. The molecule has 1 aromatic carbocycles. The lowest BCUT2D eigenvalue weighted by Gasteiger charge is -2.57. The Morgan fingerprint density at radius 2 is 2.07 bits per heavy atom. The fourth-order valence-corrected chi connectivity index (χ4v) is 5.42. The molecule has 1 unspecified atom stereocenters. The van der Waals surface area contributed by atoms with E-state index >= 15 is 0 Å². The predicted molar refractivity (Wildman–Crippen MR) is 105 cm³/mol. The minimum absolute atomic E-state index is 0.0545. The first kappa shape index (κ1) is 18.0. The van der Waals surface area contributed by atoms with Gasteiger partial charge in [-0.05, 0) is 55.7 Å². The third-order valence-corrected chi connectivity index (χ3v) is 7.02. The smallest absolute Gasteiger partial charge is 0.225 e. The summed E-state index contributed by atoms with van der Waals surface area (Å²) in [5.41, 5.74) is 1.94. The molecule has 5 rings (SSSR count). The zero-order chi connectivity index (χ0) is 19.5. The van der Waals surface area contributed by atoms with E-state index in [1.807, 2.05) is 18.2 Å². The van der Waals surface area contributed by atoms with Crippen LogP contribution in [0.15, 0.2) is 22.6 Å². The van der Waals surface area contributed by atoms with Gasteiger partial charge < -0.3 is 14.6 Å². The molecule has 0 radical (unpaired) electrons. The largest absolute Gasteiger partial charge is 0.440 e. The SMILES string of the molecule is CC(=O)N1CCC(C(=O)NC2CC3(C2)CC(c2nc4cc(Cl)ccc4o2)C3)C1. The fourth-order valence-electron chi connectivity index (χ4n) is 5.25. The lowest BCUT2D eigenvalue weighted by Crippen LogP contribution is -2.56. The number of aromatic nitrogens is 1. The maximum atomic E-state index is 12.5. The minimum Gasteiger partial charge on any atom is -0.440 e. The van der Waals surface area contributed by atoms with E-state index in [2.05, 4.69) is 10.3 Å². The highest BCUT2D eigenvalue weighted by atomic mass is 35.5. The molecule has 2 heterocycles. The Morgan fingerprint density at radius 3 is 2.79 bits per heavy atom. The van der Waals surface area contributed by atoms with Crippen molar-refractivity contribution in [1.82, 2.24) is 15.2 Å². The lowest BCUT2D eigenvalue weighted by atomic mass is 9.50. The molecule has 2 amide bonds. The highest BCUT2D eigenvalue weighted by molar-refractivity contribution is 6.31. The van der Waals surface area contributed by atoms with Crippen molar-refractivity contribution in [3.8, 4) is 0 Å². The number of hydrogen-bond acceptors (Lipinski definition) is 4. The second kappa shape index (κ2) is 6.48. The van der Waals surface area contributed by atoms with Crippen LogP contribution in [0.5, 0.6) is 0 Å². The van der Waals surface area contributed by atoms with Crippen molar-refractivity contribution in [2.75, 3.05) is 13.1 Å². The molecule has 3 aliphatic rings. The van der Waals surface area contributed by atoms with Crippen LogP contribution in [0, 0.1) is 11.3 Å². The van der Waals surface area contributed by atoms with Crippen LogP contribution in [0.25, 0.3) is 11.1 Å². The molecular formula is C21H24ClN3O3. The fraction of sp³-hybridized carbons (Fsp3) is 0.571. The maximum absolute atomic E-state index is 12.5. The zero-order valence-electron chi connectivity index (χ0n) is 15.9. The summed E-state index contributed by atoms with van der Waals surface area (Å²) >= 11 is 6.02. The molecule has 148 valence electrons. The molecule has 2 saturated carbocycles. The number of nitrogens with one attached hydrogen (secondary N) is 1. The quantitative estimate of drug-likeness (QED) is 0.854. The number of carbonyl (C=O) groups excluding carboxylic acids is 2. The van der Waals surface area contributed by atoms with Crippen LogP contribution in [0.4, 0.5) is 0 Å². The second-order valence-corrected chi connectivity index (χ2v) is 9.27. The Balaban J connectivity index is 1.12. The number of hydrogen-bond donors (Lipinski definition) is 1. The molecule has 1 spiro atoms. The van der Waals surface area contributed by atoms with E-state index in [1.54, 1.807) is 11.8 Å². The molecule has 1 aliphatic heterocycles. The van der Waals surface area contributed by atoms with Crippen molar-refractivity contribution >= 4 is 34.5 Å². The normalized spacial score (nSPS) is 31.6. The number of likely N-dealkylation sites (tertiary alicyclic amines) is 1. The summed E-state index contributed by atoms with van der Waals surface area (Å²) in [6.45, 7) is 2.82. The van der Waals surface area contributed by atoms with Crippen molar-refractivity contribution in [1.29, 1.82) is 0 Å². The highest BCUT2D eigenvalue weighted by Gasteiger charge is 2.55. The molecule has 28 heavy (non-hydrogen) atoms. The first-order valence-electron chi connectivity index (χ1n) is 10.0. The monoisotopic (exact) mass is 401 g/mol. The van der Waals surface area contributed by atoms with Crippen LogP contribution < -0.4 is 5.32 Å². The second-order valence-electron chi connectivity index (χ2n) is 8.83. The van der Waals surface area contributed by atoms with Crippen LogP contribution in [0.3, 0.4) is 0 Å². The number of benzene rings is 1. The van der Waals surface area contributed by atoms with Gasteiger partial charge in [0, 0.05) is 37.0 Å². The van der Waals surface area contributed by atoms with Crippen LogP contribution >= 0.6 is 11.6 Å². The Bertz CT molecular complexity index is 942. The summed E-state index contributed by atoms with van der Waals surface area (Å²) in [6.07, 6.45) is 4.98. The average Bonchev–Trinajstić information content (AvgIpc) is 3.21. The molecule has 1 atom stereocenters. The summed E-state index contributed by atoms with van der Waals surface area (Å²) in [5.74, 6) is 1.28. The third-order valence-electron chi connectivity index (χ3n) is 6.78. The van der Waals surface area contributed by atoms with E-state index in [-0.39, 0.29) is 23.8 Å². The molecular weight excluding hydrogens is 378 g/mol. The van der Waals surface area contributed by atoms with Crippen molar-refractivity contribution in [3.05, 3.63) is 29.1 Å². The average molecular weight is 402 g/mol. The van der Waals surface area contributed by atoms with E-state index in [1.165, 1.54) is 0 Å². The number of carbonyl (C=O) groups is 2. The van der Waals surface area contributed by atoms with E-state index in [9.17, 15) is 9.59 Å². The molecule has 1 saturated heterocycles. The summed E-state index contributed by atoms with van der Waals surface area (Å²) in [7, 11) is 0. The van der Waals surface area contributed by atoms with Crippen molar-refractivity contribution in [3.63, 3.8) is 0 Å². The van der Waals surface area contributed by atoms with Gasteiger partial charge in [0.1, 0.15) is 5.52 Å². The van der Waals surface area contributed by atoms with Crippen molar-refractivity contribution in [2.24, 2.45) is 11.3 Å². The van der Waals surface area contributed by atoms with E-state index < -0.39 is 0 Å². The lowest BCUT2D eigenvalue weighted by molar-refractivity contribution is -0.130. The standard InChI is InChI=1S/C21H24ClN3O3/c1-12(26)25-5-4-13(11-25)19(27)23-16-9-21(10-16)7-14(8-21)20-24-17-6-15(22)2-3-18(17)28-20/h2-3,6,13-14,16H,4-5,7-11H2,1H3,(H,23,27). The molecule has 2 aromatic rings. The number of halogens is 1. The number of rotatable bonds is 3. The van der Waals surface area contributed by atoms with E-state index in [0.29, 0.717) is 29.4 Å². The van der Waals surface area contributed by atoms with Crippen LogP contribution in [0.2, 0.25) is 5.02 Å². The summed E-state index contributed by atoms with van der Waals surface area (Å²) in [6, 6.07) is 5.79. The first-order chi connectivity index (χ1) is 13.4. The number of amides is 2. The Labute approximate surface area is 168 Å². The van der Waals surface area contributed by atoms with Gasteiger partial charge in [-0.25, -0.2) is 4.98 Å². The van der Waals surface area contributed by atoms with Crippen LogP contribution in [-0.4, -0.2) is 40.8 Å². The molecule has 1 N–H and O–H groups in total. The van der Waals surface area contributed by atoms with Gasteiger partial charge in [0.05, 0.1) is 5.92 Å². The van der Waals surface area contributed by atoms with Crippen LogP contribution in [0.1, 0.15) is 50.8 Å². The van der Waals surface area contributed by atoms with Gasteiger partial charge in [-0.15, -0.1) is 0 Å². The van der Waals surface area contributed by atoms with Gasteiger partial charge in [-0.2, -0.15) is 0 Å². The third kappa shape index (κ3) is 3.08. The summed E-state index contributed by atoms with van der Waals surface area (Å²) < 4.78 is 5.91.